The van der Waals surface area contributed by atoms with Crippen LogP contribution in [0.2, 0.25) is 0 Å². The average molecular weight is 741 g/mol. The van der Waals surface area contributed by atoms with Crippen LogP contribution in [-0.2, 0) is 6.42 Å². The van der Waals surface area contributed by atoms with E-state index in [9.17, 15) is 0 Å². The fourth-order valence-corrected chi connectivity index (χ4v) is 11.5. The number of benzene rings is 4. The van der Waals surface area contributed by atoms with Crippen molar-refractivity contribution in [2.75, 3.05) is 4.90 Å². The predicted molar refractivity (Wildman–Crippen MR) is 241 cm³/mol. The molecule has 11 rings (SSSR count). The van der Waals surface area contributed by atoms with Gasteiger partial charge in [-0.3, -0.25) is 0 Å². The van der Waals surface area contributed by atoms with Crippen molar-refractivity contribution in [2.45, 2.75) is 70.3 Å². The first-order valence-corrected chi connectivity index (χ1v) is 21.7. The van der Waals surface area contributed by atoms with Gasteiger partial charge >= 0.3 is 0 Å². The maximum atomic E-state index is 2.76. The molecule has 0 bridgehead atoms. The standard InChI is InChI=1S/C55H52N2/c1-37-49(40-21-9-4-10-22-40)35-43(39-19-7-3-8-20-39)36-54(37)57-52-30-14-11-25-46(52)48-28-16-27-45(55(48)57)42-31-32-53-50(34-42)47-26-12-13-29-51(47)56(53)44-24-15-23-41(33-44)38-17-5-2-6-18-38/h2-10,12,14-19,21-24,26-28,30,33-34,36-37,39,43,49-50,53H,11,13,20,25,29,31-32,35H2,1H3. The zero-order valence-corrected chi connectivity index (χ0v) is 33.1. The van der Waals surface area contributed by atoms with Gasteiger partial charge in [0, 0.05) is 51.6 Å². The second-order valence-corrected chi connectivity index (χ2v) is 17.3. The summed E-state index contributed by atoms with van der Waals surface area (Å²) in [5, 5.41) is 1.45. The fourth-order valence-electron chi connectivity index (χ4n) is 11.5. The Kier molecular flexibility index (Phi) is 8.75. The molecule has 4 aromatic carbocycles. The average Bonchev–Trinajstić information content (AvgIpc) is 3.80. The normalized spacial score (nSPS) is 26.3. The maximum absolute atomic E-state index is 2.76. The highest BCUT2D eigenvalue weighted by atomic mass is 15.2. The lowest BCUT2D eigenvalue weighted by Gasteiger charge is -2.39. The Hall–Kier alpha value is -5.60. The van der Waals surface area contributed by atoms with Crippen molar-refractivity contribution in [3.05, 3.63) is 191 Å². The summed E-state index contributed by atoms with van der Waals surface area (Å²) < 4.78 is 2.76. The number of anilines is 1. The van der Waals surface area contributed by atoms with Gasteiger partial charge in [-0.05, 0) is 121 Å². The molecule has 1 aromatic heterocycles. The molecule has 6 unspecified atom stereocenters. The van der Waals surface area contributed by atoms with Crippen molar-refractivity contribution in [3.63, 3.8) is 0 Å². The molecule has 0 spiro atoms. The molecular weight excluding hydrogens is 689 g/mol. The Morgan fingerprint density at radius 2 is 1.49 bits per heavy atom. The molecule has 1 aliphatic heterocycles. The van der Waals surface area contributed by atoms with Gasteiger partial charge in [-0.15, -0.1) is 0 Å². The third kappa shape index (κ3) is 5.91. The van der Waals surface area contributed by atoms with Gasteiger partial charge in [-0.2, -0.15) is 0 Å². The second-order valence-electron chi connectivity index (χ2n) is 17.3. The molecule has 282 valence electrons. The Balaban J connectivity index is 1.04. The van der Waals surface area contributed by atoms with Crippen molar-refractivity contribution >= 4 is 33.9 Å². The summed E-state index contributed by atoms with van der Waals surface area (Å²) >= 11 is 0. The number of nitrogens with zero attached hydrogens (tertiary/aromatic N) is 2. The number of hydrogen-bond donors (Lipinski definition) is 0. The van der Waals surface area contributed by atoms with E-state index in [1.807, 2.05) is 0 Å². The van der Waals surface area contributed by atoms with Crippen molar-refractivity contribution < 1.29 is 0 Å². The third-order valence-electron chi connectivity index (χ3n) is 14.2. The SMILES string of the molecule is CC1C(n2c3c(c4cccc(C5=CC6C7=C(CCC=C7)N(c7cccc(-c8ccccc8)c7)C6CC5)c42)CCC=C3)=CC(C2C=CC=CC2)CC1c1ccccc1. The van der Waals surface area contributed by atoms with Crippen LogP contribution in [0.3, 0.4) is 0 Å². The minimum Gasteiger partial charge on any atom is -0.341 e. The lowest BCUT2D eigenvalue weighted by Crippen LogP contribution is -2.35. The molecule has 0 amide bonds. The van der Waals surface area contributed by atoms with Gasteiger partial charge in [-0.25, -0.2) is 0 Å². The number of aromatic nitrogens is 1. The van der Waals surface area contributed by atoms with E-state index < -0.39 is 0 Å². The van der Waals surface area contributed by atoms with Crippen molar-refractivity contribution in [1.82, 2.24) is 4.57 Å². The van der Waals surface area contributed by atoms with E-state index in [-0.39, 0.29) is 0 Å². The molecule has 0 saturated carbocycles. The van der Waals surface area contributed by atoms with Crippen molar-refractivity contribution in [1.29, 1.82) is 0 Å². The Morgan fingerprint density at radius 1 is 0.684 bits per heavy atom. The summed E-state index contributed by atoms with van der Waals surface area (Å²) in [6.45, 7) is 2.51. The molecule has 0 N–H and O–H groups in total. The van der Waals surface area contributed by atoms with Crippen LogP contribution >= 0.6 is 0 Å². The van der Waals surface area contributed by atoms with E-state index in [1.54, 1.807) is 0 Å². The van der Waals surface area contributed by atoms with Crippen LogP contribution in [0.15, 0.2) is 169 Å². The van der Waals surface area contributed by atoms with Gasteiger partial charge in [0.15, 0.2) is 0 Å². The topological polar surface area (TPSA) is 8.17 Å². The molecule has 0 fully saturated rings. The molecule has 5 aromatic rings. The van der Waals surface area contributed by atoms with E-state index in [2.05, 4.69) is 180 Å². The highest BCUT2D eigenvalue weighted by Crippen LogP contribution is 2.52. The summed E-state index contributed by atoms with van der Waals surface area (Å²) in [6.07, 6.45) is 33.5. The van der Waals surface area contributed by atoms with E-state index >= 15 is 0 Å². The van der Waals surface area contributed by atoms with Gasteiger partial charge in [0.25, 0.3) is 0 Å². The zero-order chi connectivity index (χ0) is 37.9. The molecular formula is C55H52N2. The molecule has 2 nitrogen and oxygen atoms in total. The van der Waals surface area contributed by atoms with Gasteiger partial charge in [-0.1, -0.05) is 153 Å². The Morgan fingerprint density at radius 3 is 2.35 bits per heavy atom. The van der Waals surface area contributed by atoms with E-state index in [0.717, 1.165) is 44.9 Å². The first-order chi connectivity index (χ1) is 28.2. The molecule has 0 radical (unpaired) electrons. The molecule has 6 aliphatic rings. The quantitative estimate of drug-likeness (QED) is 0.168. The Bertz CT molecular complexity index is 2570. The third-order valence-corrected chi connectivity index (χ3v) is 14.2. The predicted octanol–water partition coefficient (Wildman–Crippen LogP) is 14.0. The van der Waals surface area contributed by atoms with Crippen LogP contribution < -0.4 is 4.90 Å². The number of aryl methyl sites for hydroxylation is 1. The Labute approximate surface area is 338 Å². The fraction of sp³-hybridized carbons (Fsp3) is 0.273. The second kappa shape index (κ2) is 14.4. The molecule has 0 saturated heterocycles. The van der Waals surface area contributed by atoms with Crippen LogP contribution in [0.1, 0.15) is 80.2 Å². The first kappa shape index (κ1) is 34.6. The van der Waals surface area contributed by atoms with E-state index in [4.69, 9.17) is 0 Å². The first-order valence-electron chi connectivity index (χ1n) is 21.7. The maximum Gasteiger partial charge on any atom is 0.0609 e. The van der Waals surface area contributed by atoms with Crippen molar-refractivity contribution in [3.8, 4) is 11.1 Å². The minimum atomic E-state index is 0.375. The van der Waals surface area contributed by atoms with Gasteiger partial charge in [0.05, 0.1) is 5.52 Å². The number of allylic oxidation sites excluding steroid dienone is 11. The summed E-state index contributed by atoms with van der Waals surface area (Å²) in [6, 6.07) is 39.2. The smallest absolute Gasteiger partial charge is 0.0609 e. The summed E-state index contributed by atoms with van der Waals surface area (Å²) in [4.78, 5) is 2.74. The molecule has 5 aliphatic carbocycles. The van der Waals surface area contributed by atoms with Crippen LogP contribution in [-0.4, -0.2) is 10.6 Å². The number of hydrogen-bond acceptors (Lipinski definition) is 1. The summed E-state index contributed by atoms with van der Waals surface area (Å²) in [7, 11) is 0. The summed E-state index contributed by atoms with van der Waals surface area (Å²) in [5.74, 6) is 2.23. The minimum absolute atomic E-state index is 0.375. The number of para-hydroxylation sites is 1. The van der Waals surface area contributed by atoms with Gasteiger partial charge in [0.2, 0.25) is 0 Å². The molecule has 57 heavy (non-hydrogen) atoms. The zero-order valence-electron chi connectivity index (χ0n) is 33.1. The highest BCUT2D eigenvalue weighted by molar-refractivity contribution is 5.99. The lowest BCUT2D eigenvalue weighted by molar-refractivity contribution is 0.353. The highest BCUT2D eigenvalue weighted by Gasteiger charge is 2.42. The van der Waals surface area contributed by atoms with Gasteiger partial charge in [0.1, 0.15) is 0 Å². The monoisotopic (exact) mass is 740 g/mol. The molecule has 2 heterocycles. The van der Waals surface area contributed by atoms with Gasteiger partial charge < -0.3 is 9.47 Å². The lowest BCUT2D eigenvalue weighted by atomic mass is 9.69. The van der Waals surface area contributed by atoms with Crippen LogP contribution in [0.4, 0.5) is 5.69 Å². The number of fused-ring (bicyclic) bond motifs is 5. The molecule has 6 atom stereocenters. The van der Waals surface area contributed by atoms with E-state index in [0.29, 0.717) is 35.6 Å². The van der Waals surface area contributed by atoms with Crippen molar-refractivity contribution in [2.24, 2.45) is 23.7 Å². The molecule has 2 heteroatoms. The van der Waals surface area contributed by atoms with Crippen LogP contribution in [0.25, 0.3) is 39.4 Å². The summed E-state index contributed by atoms with van der Waals surface area (Å²) in [5.41, 5.74) is 17.3. The van der Waals surface area contributed by atoms with E-state index in [1.165, 1.54) is 79.1 Å². The van der Waals surface area contributed by atoms with Crippen LogP contribution in [0, 0.1) is 23.7 Å². The number of rotatable bonds is 6. The largest absolute Gasteiger partial charge is 0.341 e. The van der Waals surface area contributed by atoms with Crippen LogP contribution in [0.5, 0.6) is 0 Å².